The van der Waals surface area contributed by atoms with Gasteiger partial charge in [0.15, 0.2) is 0 Å². The first-order valence-electron chi connectivity index (χ1n) is 6.70. The fourth-order valence-electron chi connectivity index (χ4n) is 2.26. The van der Waals surface area contributed by atoms with Gasteiger partial charge in [-0.2, -0.15) is 13.2 Å². The lowest BCUT2D eigenvalue weighted by atomic mass is 9.81. The van der Waals surface area contributed by atoms with E-state index in [4.69, 9.17) is 11.6 Å². The third-order valence-electron chi connectivity index (χ3n) is 3.76. The predicted octanol–water partition coefficient (Wildman–Crippen LogP) is 3.73. The lowest BCUT2D eigenvalue weighted by Gasteiger charge is -2.29. The molecule has 2 nitrogen and oxygen atoms in total. The highest BCUT2D eigenvalue weighted by atomic mass is 35.5. The van der Waals surface area contributed by atoms with Crippen molar-refractivity contribution < 1.29 is 18.0 Å². The summed E-state index contributed by atoms with van der Waals surface area (Å²) in [7, 11) is 0. The Morgan fingerprint density at radius 3 is 2.21 bits per heavy atom. The molecular weight excluding hydrogens is 279 g/mol. The molecule has 112 valence electrons. The molecule has 1 saturated carbocycles. The quantitative estimate of drug-likeness (QED) is 0.787. The van der Waals surface area contributed by atoms with Gasteiger partial charge in [-0.15, -0.1) is 11.6 Å². The van der Waals surface area contributed by atoms with Crippen molar-refractivity contribution >= 4 is 17.5 Å². The molecule has 0 aromatic rings. The summed E-state index contributed by atoms with van der Waals surface area (Å²) in [5.74, 6) is -1.45. The third-order valence-corrected chi connectivity index (χ3v) is 4.41. The zero-order valence-corrected chi connectivity index (χ0v) is 12.0. The number of amides is 1. The molecule has 1 atom stereocenters. The van der Waals surface area contributed by atoms with Gasteiger partial charge in [-0.25, -0.2) is 0 Å². The van der Waals surface area contributed by atoms with E-state index in [0.717, 1.165) is 0 Å². The highest BCUT2D eigenvalue weighted by Crippen LogP contribution is 2.39. The Morgan fingerprint density at radius 1 is 1.26 bits per heavy atom. The van der Waals surface area contributed by atoms with Crippen molar-refractivity contribution in [3.63, 3.8) is 0 Å². The maximum absolute atomic E-state index is 12.5. The van der Waals surface area contributed by atoms with Crippen LogP contribution in [-0.4, -0.2) is 24.0 Å². The Balaban J connectivity index is 2.33. The summed E-state index contributed by atoms with van der Waals surface area (Å²) in [6.45, 7) is 4.29. The molecule has 19 heavy (non-hydrogen) atoms. The van der Waals surface area contributed by atoms with Gasteiger partial charge >= 0.3 is 6.18 Å². The summed E-state index contributed by atoms with van der Waals surface area (Å²) in [5, 5.41) is 2.59. The first kappa shape index (κ1) is 16.6. The van der Waals surface area contributed by atoms with Gasteiger partial charge < -0.3 is 5.32 Å². The number of hydrogen-bond acceptors (Lipinski definition) is 1. The highest BCUT2D eigenvalue weighted by Gasteiger charge is 2.42. The summed E-state index contributed by atoms with van der Waals surface area (Å²) < 4.78 is 37.5. The van der Waals surface area contributed by atoms with E-state index < -0.39 is 12.1 Å². The number of nitrogens with one attached hydrogen (secondary N) is 1. The molecular formula is C13H21ClF3NO. The molecule has 1 fully saturated rings. The van der Waals surface area contributed by atoms with Crippen LogP contribution in [0.1, 0.15) is 39.5 Å². The van der Waals surface area contributed by atoms with Crippen molar-refractivity contribution in [3.05, 3.63) is 0 Å². The SMILES string of the molecule is CC(C)C(Cl)CNC(=O)C1CCC(C(F)(F)F)CC1. The molecule has 0 radical (unpaired) electrons. The molecule has 0 aliphatic heterocycles. The number of rotatable bonds is 4. The molecule has 0 heterocycles. The van der Waals surface area contributed by atoms with Gasteiger partial charge in [0, 0.05) is 12.5 Å². The molecule has 1 aliphatic carbocycles. The second-order valence-corrected chi connectivity index (χ2v) is 6.16. The minimum Gasteiger partial charge on any atom is -0.354 e. The Kier molecular flexibility index (Phi) is 5.96. The van der Waals surface area contributed by atoms with Crippen LogP contribution in [0.5, 0.6) is 0 Å². The zero-order chi connectivity index (χ0) is 14.6. The predicted molar refractivity (Wildman–Crippen MR) is 69.0 cm³/mol. The fraction of sp³-hybridized carbons (Fsp3) is 0.923. The van der Waals surface area contributed by atoms with Crippen LogP contribution in [-0.2, 0) is 4.79 Å². The van der Waals surface area contributed by atoms with Crippen molar-refractivity contribution in [1.82, 2.24) is 5.32 Å². The van der Waals surface area contributed by atoms with E-state index in [-0.39, 0.29) is 36.0 Å². The van der Waals surface area contributed by atoms with E-state index >= 15 is 0 Å². The van der Waals surface area contributed by atoms with Gasteiger partial charge in [-0.3, -0.25) is 4.79 Å². The lowest BCUT2D eigenvalue weighted by Crippen LogP contribution is -2.39. The maximum atomic E-state index is 12.5. The van der Waals surface area contributed by atoms with Crippen molar-refractivity contribution in [3.8, 4) is 0 Å². The van der Waals surface area contributed by atoms with E-state index in [1.807, 2.05) is 13.8 Å². The molecule has 0 saturated heterocycles. The van der Waals surface area contributed by atoms with E-state index in [0.29, 0.717) is 19.4 Å². The van der Waals surface area contributed by atoms with Gasteiger partial charge in [-0.05, 0) is 31.6 Å². The average molecular weight is 300 g/mol. The molecule has 1 rings (SSSR count). The van der Waals surface area contributed by atoms with Crippen molar-refractivity contribution in [2.24, 2.45) is 17.8 Å². The first-order valence-corrected chi connectivity index (χ1v) is 7.14. The van der Waals surface area contributed by atoms with Crippen molar-refractivity contribution in [1.29, 1.82) is 0 Å². The molecule has 0 spiro atoms. The van der Waals surface area contributed by atoms with Crippen LogP contribution in [0.4, 0.5) is 13.2 Å². The van der Waals surface area contributed by atoms with Gasteiger partial charge in [0.2, 0.25) is 5.91 Å². The number of carbonyl (C=O) groups is 1. The second-order valence-electron chi connectivity index (χ2n) is 5.60. The third kappa shape index (κ3) is 5.21. The van der Waals surface area contributed by atoms with Gasteiger partial charge in [0.1, 0.15) is 0 Å². The first-order chi connectivity index (χ1) is 8.71. The molecule has 1 amide bonds. The molecule has 0 bridgehead atoms. The summed E-state index contributed by atoms with van der Waals surface area (Å²) in [6, 6.07) is 0. The standard InChI is InChI=1S/C13H21ClF3NO/c1-8(2)11(14)7-18-12(19)9-3-5-10(6-4-9)13(15,16)17/h8-11H,3-7H2,1-2H3,(H,18,19). The Labute approximate surface area is 117 Å². The Morgan fingerprint density at radius 2 is 1.79 bits per heavy atom. The molecule has 1 unspecified atom stereocenters. The Hall–Kier alpha value is -0.450. The summed E-state index contributed by atoms with van der Waals surface area (Å²) in [5.41, 5.74) is 0. The van der Waals surface area contributed by atoms with E-state index in [1.165, 1.54) is 0 Å². The van der Waals surface area contributed by atoms with Crippen LogP contribution in [0, 0.1) is 17.8 Å². The normalized spacial score (nSPS) is 26.3. The number of alkyl halides is 4. The molecule has 1 aliphatic rings. The minimum atomic E-state index is -4.12. The van der Waals surface area contributed by atoms with Crippen molar-refractivity contribution in [2.75, 3.05) is 6.54 Å². The van der Waals surface area contributed by atoms with Gasteiger partial charge in [-0.1, -0.05) is 13.8 Å². The smallest absolute Gasteiger partial charge is 0.354 e. The molecule has 0 aromatic heterocycles. The van der Waals surface area contributed by atoms with E-state index in [9.17, 15) is 18.0 Å². The summed E-state index contributed by atoms with van der Waals surface area (Å²) in [4.78, 5) is 11.8. The largest absolute Gasteiger partial charge is 0.391 e. The van der Waals surface area contributed by atoms with Crippen molar-refractivity contribution in [2.45, 2.75) is 51.1 Å². The molecule has 0 aromatic carbocycles. The van der Waals surface area contributed by atoms with Gasteiger partial charge in [0.05, 0.1) is 11.3 Å². The topological polar surface area (TPSA) is 29.1 Å². The number of carbonyl (C=O) groups excluding carboxylic acids is 1. The van der Waals surface area contributed by atoms with Crippen LogP contribution >= 0.6 is 11.6 Å². The Bertz CT molecular complexity index is 299. The second kappa shape index (κ2) is 6.82. The van der Waals surface area contributed by atoms with Crippen LogP contribution in [0.3, 0.4) is 0 Å². The summed E-state index contributed by atoms with van der Waals surface area (Å²) in [6.07, 6.45) is -3.40. The lowest BCUT2D eigenvalue weighted by molar-refractivity contribution is -0.184. The van der Waals surface area contributed by atoms with E-state index in [1.54, 1.807) is 0 Å². The van der Waals surface area contributed by atoms with Crippen LogP contribution in [0.2, 0.25) is 0 Å². The van der Waals surface area contributed by atoms with Gasteiger partial charge in [0.25, 0.3) is 0 Å². The average Bonchev–Trinajstić information content (AvgIpc) is 2.34. The van der Waals surface area contributed by atoms with E-state index in [2.05, 4.69) is 5.32 Å². The minimum absolute atomic E-state index is 0.0517. The summed E-state index contributed by atoms with van der Waals surface area (Å²) >= 11 is 6.02. The highest BCUT2D eigenvalue weighted by molar-refractivity contribution is 6.21. The van der Waals surface area contributed by atoms with Crippen LogP contribution < -0.4 is 5.32 Å². The fourth-order valence-corrected chi connectivity index (χ4v) is 2.34. The van der Waals surface area contributed by atoms with Crippen LogP contribution in [0.25, 0.3) is 0 Å². The monoisotopic (exact) mass is 299 g/mol. The molecule has 6 heteroatoms. The zero-order valence-electron chi connectivity index (χ0n) is 11.3. The van der Waals surface area contributed by atoms with Crippen LogP contribution in [0.15, 0.2) is 0 Å². The number of halogens is 4. The maximum Gasteiger partial charge on any atom is 0.391 e. The number of hydrogen-bond donors (Lipinski definition) is 1. The molecule has 1 N–H and O–H groups in total.